The Hall–Kier alpha value is -3.67. The molecule has 170 valence electrons. The highest BCUT2D eigenvalue weighted by Crippen LogP contribution is 2.27. The fourth-order valence-corrected chi connectivity index (χ4v) is 4.08. The van der Waals surface area contributed by atoms with E-state index in [2.05, 4.69) is 0 Å². The molecule has 4 rings (SSSR count). The van der Waals surface area contributed by atoms with E-state index < -0.39 is 17.6 Å². The molecule has 1 aromatic heterocycles. The van der Waals surface area contributed by atoms with Gasteiger partial charge >= 0.3 is 5.97 Å². The third-order valence-electron chi connectivity index (χ3n) is 5.98. The molecule has 4 nitrogen and oxygen atoms in total. The minimum absolute atomic E-state index is 0.0695. The van der Waals surface area contributed by atoms with E-state index in [0.717, 1.165) is 33.7 Å². The Kier molecular flexibility index (Phi) is 6.45. The Bertz CT molecular complexity index is 1290. The van der Waals surface area contributed by atoms with Crippen molar-refractivity contribution in [2.24, 2.45) is 0 Å². The summed E-state index contributed by atoms with van der Waals surface area (Å²) < 4.78 is 35.4. The van der Waals surface area contributed by atoms with Crippen molar-refractivity contribution in [3.63, 3.8) is 0 Å². The fourth-order valence-electron chi connectivity index (χ4n) is 4.08. The first-order valence-electron chi connectivity index (χ1n) is 10.8. The Morgan fingerprint density at radius 2 is 1.76 bits per heavy atom. The topological polar surface area (TPSA) is 51.5 Å². The number of rotatable bonds is 8. The van der Waals surface area contributed by atoms with Crippen LogP contribution in [0.1, 0.15) is 41.5 Å². The van der Waals surface area contributed by atoms with Crippen molar-refractivity contribution in [1.29, 1.82) is 0 Å². The molecule has 1 atom stereocenters. The Balaban J connectivity index is 1.51. The first kappa shape index (κ1) is 22.5. The van der Waals surface area contributed by atoms with Crippen LogP contribution < -0.4 is 4.74 Å². The van der Waals surface area contributed by atoms with Crippen LogP contribution in [0.4, 0.5) is 8.78 Å². The number of halogens is 2. The van der Waals surface area contributed by atoms with Crippen LogP contribution in [0.5, 0.6) is 5.75 Å². The molecular weight excluding hydrogens is 424 g/mol. The molecule has 0 amide bonds. The number of aromatic nitrogens is 1. The normalized spacial score (nSPS) is 12.1. The van der Waals surface area contributed by atoms with Crippen molar-refractivity contribution >= 4 is 16.9 Å². The first-order chi connectivity index (χ1) is 15.8. The number of hydrogen-bond donors (Lipinski definition) is 1. The van der Waals surface area contributed by atoms with Gasteiger partial charge in [-0.05, 0) is 59.2 Å². The summed E-state index contributed by atoms with van der Waals surface area (Å²) in [4.78, 5) is 10.9. The van der Waals surface area contributed by atoms with Crippen molar-refractivity contribution in [3.8, 4) is 5.75 Å². The molecule has 0 aliphatic carbocycles. The molecule has 0 radical (unpaired) electrons. The Morgan fingerprint density at radius 1 is 1.03 bits per heavy atom. The molecule has 0 spiro atoms. The van der Waals surface area contributed by atoms with Gasteiger partial charge in [0.15, 0.2) is 0 Å². The van der Waals surface area contributed by atoms with Gasteiger partial charge in [-0.15, -0.1) is 0 Å². The van der Waals surface area contributed by atoms with Crippen LogP contribution >= 0.6 is 0 Å². The van der Waals surface area contributed by atoms with Crippen LogP contribution in [0.25, 0.3) is 10.9 Å². The lowest BCUT2D eigenvalue weighted by atomic mass is 9.98. The summed E-state index contributed by atoms with van der Waals surface area (Å²) in [6.07, 6.45) is 1.99. The lowest BCUT2D eigenvalue weighted by Crippen LogP contribution is -2.04. The summed E-state index contributed by atoms with van der Waals surface area (Å²) in [7, 11) is 0. The predicted octanol–water partition coefficient (Wildman–Crippen LogP) is 6.43. The third-order valence-corrected chi connectivity index (χ3v) is 5.98. The Labute approximate surface area is 191 Å². The van der Waals surface area contributed by atoms with E-state index in [1.54, 1.807) is 0 Å². The summed E-state index contributed by atoms with van der Waals surface area (Å²) >= 11 is 0. The SMILES string of the molecule is Cc1c(COc2ccc(C(C)CC(=O)O)cc2)ccc2ccn(Cc3ccc(F)cc3F)c12. The van der Waals surface area contributed by atoms with Gasteiger partial charge in [0.1, 0.15) is 24.0 Å². The standard InChI is InChI=1S/C27H25F2NO3/c1-17(13-26(31)32)19-6-9-24(10-7-19)33-16-22-4-3-20-11-12-30(27(20)18(22)2)15-21-5-8-23(28)14-25(21)29/h3-12,14,17H,13,15-16H2,1-2H3,(H,31,32). The van der Waals surface area contributed by atoms with Crippen LogP contribution in [0, 0.1) is 18.6 Å². The fraction of sp³-hybridized carbons (Fsp3) is 0.222. The molecule has 1 heterocycles. The van der Waals surface area contributed by atoms with E-state index in [9.17, 15) is 13.6 Å². The van der Waals surface area contributed by atoms with E-state index in [1.807, 2.05) is 67.1 Å². The summed E-state index contributed by atoms with van der Waals surface area (Å²) in [6, 6.07) is 17.1. The molecule has 0 aliphatic heterocycles. The summed E-state index contributed by atoms with van der Waals surface area (Å²) in [5.41, 5.74) is 4.40. The second-order valence-electron chi connectivity index (χ2n) is 8.32. The van der Waals surface area contributed by atoms with E-state index in [1.165, 1.54) is 12.1 Å². The highest BCUT2D eigenvalue weighted by Gasteiger charge is 2.13. The zero-order valence-corrected chi connectivity index (χ0v) is 18.5. The minimum Gasteiger partial charge on any atom is -0.489 e. The molecule has 33 heavy (non-hydrogen) atoms. The minimum atomic E-state index is -0.819. The molecule has 0 bridgehead atoms. The van der Waals surface area contributed by atoms with Crippen LogP contribution in [0.3, 0.4) is 0 Å². The number of benzene rings is 3. The van der Waals surface area contributed by atoms with Gasteiger partial charge in [0.05, 0.1) is 18.5 Å². The first-order valence-corrected chi connectivity index (χ1v) is 10.8. The molecule has 3 aromatic carbocycles. The molecular formula is C27H25F2NO3. The second kappa shape index (κ2) is 9.45. The predicted molar refractivity (Wildman–Crippen MR) is 124 cm³/mol. The highest BCUT2D eigenvalue weighted by molar-refractivity contribution is 5.84. The van der Waals surface area contributed by atoms with Crippen molar-refractivity contribution in [1.82, 2.24) is 4.57 Å². The lowest BCUT2D eigenvalue weighted by molar-refractivity contribution is -0.137. The number of fused-ring (bicyclic) bond motifs is 1. The van der Waals surface area contributed by atoms with Crippen molar-refractivity contribution < 1.29 is 23.4 Å². The van der Waals surface area contributed by atoms with Gasteiger partial charge in [0, 0.05) is 17.8 Å². The molecule has 6 heteroatoms. The lowest BCUT2D eigenvalue weighted by Gasteiger charge is -2.14. The van der Waals surface area contributed by atoms with Crippen LogP contribution in [-0.2, 0) is 17.9 Å². The maximum Gasteiger partial charge on any atom is 0.303 e. The molecule has 0 aliphatic rings. The maximum atomic E-state index is 14.2. The van der Waals surface area contributed by atoms with Crippen LogP contribution in [-0.4, -0.2) is 15.6 Å². The quantitative estimate of drug-likeness (QED) is 0.337. The van der Waals surface area contributed by atoms with Gasteiger partial charge in [-0.1, -0.05) is 37.3 Å². The summed E-state index contributed by atoms with van der Waals surface area (Å²) in [6.45, 7) is 4.56. The van der Waals surface area contributed by atoms with Gasteiger partial charge < -0.3 is 14.4 Å². The molecule has 1 N–H and O–H groups in total. The monoisotopic (exact) mass is 449 g/mol. The number of aryl methyl sites for hydroxylation is 1. The van der Waals surface area contributed by atoms with Crippen LogP contribution in [0.15, 0.2) is 66.9 Å². The highest BCUT2D eigenvalue weighted by atomic mass is 19.1. The number of nitrogens with zero attached hydrogens (tertiary/aromatic N) is 1. The van der Waals surface area contributed by atoms with Gasteiger partial charge in [0.25, 0.3) is 0 Å². The van der Waals surface area contributed by atoms with E-state index in [4.69, 9.17) is 9.84 Å². The van der Waals surface area contributed by atoms with Crippen molar-refractivity contribution in [2.75, 3.05) is 0 Å². The molecule has 1 unspecified atom stereocenters. The summed E-state index contributed by atoms with van der Waals surface area (Å²) in [5, 5.41) is 10.00. The van der Waals surface area contributed by atoms with E-state index >= 15 is 0 Å². The third kappa shape index (κ3) is 5.06. The number of carboxylic acid groups (broad SMARTS) is 1. The van der Waals surface area contributed by atoms with Crippen LogP contribution in [0.2, 0.25) is 0 Å². The number of carbonyl (C=O) groups is 1. The van der Waals surface area contributed by atoms with Gasteiger partial charge in [-0.3, -0.25) is 4.79 Å². The largest absolute Gasteiger partial charge is 0.489 e. The molecule has 0 fully saturated rings. The number of hydrogen-bond acceptors (Lipinski definition) is 2. The average molecular weight is 449 g/mol. The van der Waals surface area contributed by atoms with Gasteiger partial charge in [0.2, 0.25) is 0 Å². The molecule has 0 saturated carbocycles. The maximum absolute atomic E-state index is 14.2. The van der Waals surface area contributed by atoms with Gasteiger partial charge in [-0.25, -0.2) is 8.78 Å². The Morgan fingerprint density at radius 3 is 2.45 bits per heavy atom. The average Bonchev–Trinajstić information content (AvgIpc) is 3.18. The molecule has 0 saturated heterocycles. The van der Waals surface area contributed by atoms with Crippen molar-refractivity contribution in [2.45, 2.75) is 39.3 Å². The van der Waals surface area contributed by atoms with E-state index in [-0.39, 0.29) is 12.3 Å². The number of aliphatic carboxylic acids is 1. The number of carboxylic acids is 1. The summed E-state index contributed by atoms with van der Waals surface area (Å²) in [5.74, 6) is -1.34. The number of ether oxygens (including phenoxy) is 1. The van der Waals surface area contributed by atoms with Gasteiger partial charge in [-0.2, -0.15) is 0 Å². The second-order valence-corrected chi connectivity index (χ2v) is 8.32. The van der Waals surface area contributed by atoms with Crippen molar-refractivity contribution in [3.05, 3.63) is 101 Å². The molecule has 4 aromatic rings. The zero-order valence-electron chi connectivity index (χ0n) is 18.5. The van der Waals surface area contributed by atoms with E-state index in [0.29, 0.717) is 24.5 Å². The zero-order chi connectivity index (χ0) is 23.5. The smallest absolute Gasteiger partial charge is 0.303 e.